The molecule has 0 fully saturated rings. The van der Waals surface area contributed by atoms with Crippen LogP contribution in [0.1, 0.15) is 33.3 Å². The van der Waals surface area contributed by atoms with Gasteiger partial charge in [0.05, 0.1) is 5.25 Å². The molecule has 25 heavy (non-hydrogen) atoms. The third-order valence-electron chi connectivity index (χ3n) is 4.07. The number of Topliss-reactive ketones (excluding diaryl/α,β-unsaturated/α-hetero) is 1. The highest BCUT2D eigenvalue weighted by molar-refractivity contribution is 8.00. The molecular formula is C19H21N3OS2. The van der Waals surface area contributed by atoms with E-state index >= 15 is 0 Å². The maximum atomic E-state index is 12.8. The second-order valence-corrected chi connectivity index (χ2v) is 8.42. The van der Waals surface area contributed by atoms with Crippen LogP contribution in [0.5, 0.6) is 0 Å². The SMILES string of the molecule is Cc1ccc(C)c(C(=O)C(C)Sc2nncn2CCc2cccs2)c1. The number of hydrogen-bond donors (Lipinski definition) is 0. The smallest absolute Gasteiger partial charge is 0.191 e. The van der Waals surface area contributed by atoms with E-state index in [-0.39, 0.29) is 11.0 Å². The summed E-state index contributed by atoms with van der Waals surface area (Å²) in [7, 11) is 0. The first-order valence-corrected chi connectivity index (χ1v) is 9.99. The van der Waals surface area contributed by atoms with Crippen LogP contribution in [0.15, 0.2) is 47.2 Å². The highest BCUT2D eigenvalue weighted by Crippen LogP contribution is 2.25. The molecule has 0 N–H and O–H groups in total. The van der Waals surface area contributed by atoms with Crippen LogP contribution in [0.4, 0.5) is 0 Å². The summed E-state index contributed by atoms with van der Waals surface area (Å²) in [5.74, 6) is 0.138. The predicted octanol–water partition coefficient (Wildman–Crippen LogP) is 4.56. The lowest BCUT2D eigenvalue weighted by atomic mass is 10.0. The molecule has 0 aliphatic rings. The molecule has 0 aliphatic carbocycles. The quantitative estimate of drug-likeness (QED) is 0.451. The van der Waals surface area contributed by atoms with Crippen LogP contribution in [0.2, 0.25) is 0 Å². The van der Waals surface area contributed by atoms with Crippen molar-refractivity contribution in [2.45, 2.75) is 44.1 Å². The summed E-state index contributed by atoms with van der Waals surface area (Å²) in [6.45, 7) is 6.75. The fraction of sp³-hybridized carbons (Fsp3) is 0.316. The number of nitrogens with zero attached hydrogens (tertiary/aromatic N) is 3. The molecule has 6 heteroatoms. The molecule has 2 aromatic heterocycles. The van der Waals surface area contributed by atoms with Crippen LogP contribution in [0.3, 0.4) is 0 Å². The number of rotatable bonds is 7. The molecule has 3 rings (SSSR count). The molecule has 130 valence electrons. The molecule has 0 aliphatic heterocycles. The molecule has 0 spiro atoms. The summed E-state index contributed by atoms with van der Waals surface area (Å²) >= 11 is 3.23. The number of thioether (sulfide) groups is 1. The van der Waals surface area contributed by atoms with Crippen LogP contribution < -0.4 is 0 Å². The highest BCUT2D eigenvalue weighted by Gasteiger charge is 2.21. The number of aryl methyl sites for hydroxylation is 4. The first-order valence-electron chi connectivity index (χ1n) is 8.23. The van der Waals surface area contributed by atoms with Crippen molar-refractivity contribution in [3.8, 4) is 0 Å². The topological polar surface area (TPSA) is 47.8 Å². The van der Waals surface area contributed by atoms with Gasteiger partial charge in [-0.15, -0.1) is 21.5 Å². The van der Waals surface area contributed by atoms with Crippen LogP contribution >= 0.6 is 23.1 Å². The van der Waals surface area contributed by atoms with Gasteiger partial charge in [0.25, 0.3) is 0 Å². The van der Waals surface area contributed by atoms with Crippen molar-refractivity contribution in [1.29, 1.82) is 0 Å². The standard InChI is InChI=1S/C19H21N3OS2/c1-13-6-7-14(2)17(11-13)18(23)15(3)25-19-21-20-12-22(19)9-8-16-5-4-10-24-16/h4-7,10-12,15H,8-9H2,1-3H3. The van der Waals surface area contributed by atoms with Gasteiger partial charge < -0.3 is 4.57 Å². The fourth-order valence-corrected chi connectivity index (χ4v) is 4.22. The lowest BCUT2D eigenvalue weighted by molar-refractivity contribution is 0.0993. The molecular weight excluding hydrogens is 350 g/mol. The van der Waals surface area contributed by atoms with Crippen molar-refractivity contribution in [2.75, 3.05) is 0 Å². The van der Waals surface area contributed by atoms with Crippen molar-refractivity contribution in [2.24, 2.45) is 0 Å². The van der Waals surface area contributed by atoms with Crippen molar-refractivity contribution in [3.05, 3.63) is 63.6 Å². The van der Waals surface area contributed by atoms with E-state index in [1.807, 2.05) is 43.5 Å². The molecule has 3 aromatic rings. The predicted molar refractivity (Wildman–Crippen MR) is 104 cm³/mol. The van der Waals surface area contributed by atoms with Crippen LogP contribution in [0.25, 0.3) is 0 Å². The van der Waals surface area contributed by atoms with Gasteiger partial charge >= 0.3 is 0 Å². The first kappa shape index (κ1) is 17.9. The van der Waals surface area contributed by atoms with Crippen LogP contribution in [-0.4, -0.2) is 25.8 Å². The largest absolute Gasteiger partial charge is 0.308 e. The minimum atomic E-state index is -0.204. The average Bonchev–Trinajstić information content (AvgIpc) is 3.26. The Labute approximate surface area is 156 Å². The van der Waals surface area contributed by atoms with Gasteiger partial charge in [0.1, 0.15) is 6.33 Å². The van der Waals surface area contributed by atoms with Crippen LogP contribution in [-0.2, 0) is 13.0 Å². The Balaban J connectivity index is 1.68. The monoisotopic (exact) mass is 371 g/mol. The number of carbonyl (C=O) groups excluding carboxylic acids is 1. The van der Waals surface area contributed by atoms with E-state index < -0.39 is 0 Å². The Bertz CT molecular complexity index is 855. The maximum Gasteiger partial charge on any atom is 0.191 e. The Morgan fingerprint density at radius 1 is 1.32 bits per heavy atom. The van der Waals surface area contributed by atoms with Crippen molar-refractivity contribution >= 4 is 28.9 Å². The molecule has 1 unspecified atom stereocenters. The van der Waals surface area contributed by atoms with Crippen molar-refractivity contribution in [1.82, 2.24) is 14.8 Å². The van der Waals surface area contributed by atoms with Gasteiger partial charge in [-0.2, -0.15) is 0 Å². The average molecular weight is 372 g/mol. The zero-order valence-electron chi connectivity index (χ0n) is 14.6. The lowest BCUT2D eigenvalue weighted by Crippen LogP contribution is -2.16. The zero-order valence-corrected chi connectivity index (χ0v) is 16.2. The summed E-state index contributed by atoms with van der Waals surface area (Å²) in [4.78, 5) is 14.2. The van der Waals surface area contributed by atoms with E-state index in [9.17, 15) is 4.79 Å². The lowest BCUT2D eigenvalue weighted by Gasteiger charge is -2.13. The van der Waals surface area contributed by atoms with Gasteiger partial charge in [0, 0.05) is 17.0 Å². The molecule has 0 bridgehead atoms. The number of benzene rings is 1. The number of carbonyl (C=O) groups is 1. The summed E-state index contributed by atoms with van der Waals surface area (Å²) in [6.07, 6.45) is 2.69. The Hall–Kier alpha value is -1.92. The Morgan fingerprint density at radius 3 is 2.92 bits per heavy atom. The third-order valence-corrected chi connectivity index (χ3v) is 6.10. The number of thiophene rings is 1. The maximum absolute atomic E-state index is 12.8. The number of hydrogen-bond acceptors (Lipinski definition) is 5. The van der Waals surface area contributed by atoms with E-state index in [2.05, 4.69) is 27.7 Å². The van der Waals surface area contributed by atoms with Crippen molar-refractivity contribution < 1.29 is 4.79 Å². The Kier molecular flexibility index (Phi) is 5.71. The van der Waals surface area contributed by atoms with E-state index in [0.29, 0.717) is 0 Å². The summed E-state index contributed by atoms with van der Waals surface area (Å²) < 4.78 is 2.03. The Morgan fingerprint density at radius 2 is 2.16 bits per heavy atom. The van der Waals surface area contributed by atoms with E-state index in [0.717, 1.165) is 34.8 Å². The van der Waals surface area contributed by atoms with Gasteiger partial charge in [-0.05, 0) is 50.3 Å². The number of aromatic nitrogens is 3. The molecule has 2 heterocycles. The highest BCUT2D eigenvalue weighted by atomic mass is 32.2. The molecule has 1 aromatic carbocycles. The number of ketones is 1. The molecule has 0 saturated heterocycles. The summed E-state index contributed by atoms with van der Waals surface area (Å²) in [6, 6.07) is 10.2. The second-order valence-electron chi connectivity index (χ2n) is 6.08. The van der Waals surface area contributed by atoms with E-state index in [1.165, 1.54) is 16.6 Å². The first-order chi connectivity index (χ1) is 12.0. The second kappa shape index (κ2) is 7.97. The van der Waals surface area contributed by atoms with Gasteiger partial charge in [-0.25, -0.2) is 0 Å². The molecule has 0 radical (unpaired) electrons. The summed E-state index contributed by atoms with van der Waals surface area (Å²) in [5, 5.41) is 10.9. The third kappa shape index (κ3) is 4.38. The minimum Gasteiger partial charge on any atom is -0.308 e. The van der Waals surface area contributed by atoms with Gasteiger partial charge in [-0.3, -0.25) is 4.79 Å². The molecule has 4 nitrogen and oxygen atoms in total. The van der Waals surface area contributed by atoms with Gasteiger partial charge in [0.2, 0.25) is 0 Å². The zero-order chi connectivity index (χ0) is 17.8. The van der Waals surface area contributed by atoms with Crippen LogP contribution in [0, 0.1) is 13.8 Å². The van der Waals surface area contributed by atoms with Gasteiger partial charge in [-0.1, -0.05) is 35.5 Å². The normalized spacial score (nSPS) is 12.3. The van der Waals surface area contributed by atoms with Gasteiger partial charge in [0.15, 0.2) is 10.9 Å². The minimum absolute atomic E-state index is 0.138. The van der Waals surface area contributed by atoms with E-state index in [1.54, 1.807) is 17.7 Å². The molecule has 0 saturated carbocycles. The van der Waals surface area contributed by atoms with Crippen molar-refractivity contribution in [3.63, 3.8) is 0 Å². The fourth-order valence-electron chi connectivity index (χ4n) is 2.61. The molecule has 1 atom stereocenters. The summed E-state index contributed by atoms with van der Waals surface area (Å²) in [5.41, 5.74) is 2.91. The molecule has 0 amide bonds. The van der Waals surface area contributed by atoms with E-state index in [4.69, 9.17) is 0 Å².